The molecule has 0 unspecified atom stereocenters. The quantitative estimate of drug-likeness (QED) is 0.811. The summed E-state index contributed by atoms with van der Waals surface area (Å²) in [6.45, 7) is 6.75. The molecule has 4 heteroatoms. The van der Waals surface area contributed by atoms with Crippen molar-refractivity contribution in [2.24, 2.45) is 5.92 Å². The largest absolute Gasteiger partial charge is 0.314 e. The molecule has 88 valence electrons. The highest BCUT2D eigenvalue weighted by atomic mass is 15.3. The number of piperazine rings is 1. The topological polar surface area (TPSA) is 33.1 Å². The fraction of sp³-hybridized carbons (Fsp3) is 0.750. The molecule has 1 aromatic heterocycles. The van der Waals surface area contributed by atoms with Crippen LogP contribution in [0.15, 0.2) is 12.4 Å². The van der Waals surface area contributed by atoms with Crippen molar-refractivity contribution in [1.82, 2.24) is 20.0 Å². The maximum atomic E-state index is 4.44. The molecule has 3 rings (SSSR count). The Morgan fingerprint density at radius 2 is 2.12 bits per heavy atom. The second-order valence-electron chi connectivity index (χ2n) is 5.04. The van der Waals surface area contributed by atoms with Crippen molar-refractivity contribution < 1.29 is 0 Å². The highest BCUT2D eigenvalue weighted by Gasteiger charge is 2.22. The fourth-order valence-electron chi connectivity index (χ4n) is 2.28. The standard InChI is InChI=1S/C12H20N4/c1-2-11(1)9-16-10-12(7-14-16)8-15-5-3-13-4-6-15/h7,10-11,13H,1-6,8-9H2. The van der Waals surface area contributed by atoms with Crippen molar-refractivity contribution in [2.45, 2.75) is 25.9 Å². The van der Waals surface area contributed by atoms with Crippen LogP contribution in [0.3, 0.4) is 0 Å². The van der Waals surface area contributed by atoms with Gasteiger partial charge in [-0.1, -0.05) is 0 Å². The Balaban J connectivity index is 1.54. The van der Waals surface area contributed by atoms with E-state index in [-0.39, 0.29) is 0 Å². The molecule has 2 aliphatic rings. The van der Waals surface area contributed by atoms with E-state index in [0.717, 1.165) is 45.2 Å². The minimum absolute atomic E-state index is 0.909. The first-order valence-electron chi connectivity index (χ1n) is 6.34. The number of nitrogens with one attached hydrogen (secondary N) is 1. The number of hydrogen-bond donors (Lipinski definition) is 1. The van der Waals surface area contributed by atoms with Crippen LogP contribution in [0.4, 0.5) is 0 Å². The van der Waals surface area contributed by atoms with E-state index >= 15 is 0 Å². The van der Waals surface area contributed by atoms with Crippen LogP contribution in [0.25, 0.3) is 0 Å². The summed E-state index contributed by atoms with van der Waals surface area (Å²) in [5.74, 6) is 0.909. The lowest BCUT2D eigenvalue weighted by Gasteiger charge is -2.26. The Hall–Kier alpha value is -0.870. The highest BCUT2D eigenvalue weighted by molar-refractivity contribution is 5.04. The predicted molar refractivity (Wildman–Crippen MR) is 63.1 cm³/mol. The van der Waals surface area contributed by atoms with Crippen molar-refractivity contribution >= 4 is 0 Å². The van der Waals surface area contributed by atoms with Crippen LogP contribution in [0, 0.1) is 5.92 Å². The summed E-state index contributed by atoms with van der Waals surface area (Å²) in [7, 11) is 0. The average Bonchev–Trinajstić information content (AvgIpc) is 3.01. The van der Waals surface area contributed by atoms with Crippen LogP contribution in [0.1, 0.15) is 18.4 Å². The molecule has 0 atom stereocenters. The molecule has 1 saturated carbocycles. The van der Waals surface area contributed by atoms with E-state index in [4.69, 9.17) is 0 Å². The number of rotatable bonds is 4. The van der Waals surface area contributed by atoms with Crippen LogP contribution >= 0.6 is 0 Å². The molecule has 2 fully saturated rings. The molecule has 16 heavy (non-hydrogen) atoms. The first-order valence-corrected chi connectivity index (χ1v) is 6.34. The lowest BCUT2D eigenvalue weighted by Crippen LogP contribution is -2.42. The molecule has 0 radical (unpaired) electrons. The fourth-order valence-corrected chi connectivity index (χ4v) is 2.28. The van der Waals surface area contributed by atoms with Gasteiger partial charge in [0.1, 0.15) is 0 Å². The zero-order valence-electron chi connectivity index (χ0n) is 9.73. The van der Waals surface area contributed by atoms with E-state index in [2.05, 4.69) is 26.2 Å². The van der Waals surface area contributed by atoms with E-state index < -0.39 is 0 Å². The van der Waals surface area contributed by atoms with Crippen molar-refractivity contribution in [2.75, 3.05) is 26.2 Å². The summed E-state index contributed by atoms with van der Waals surface area (Å²) >= 11 is 0. The Labute approximate surface area is 96.6 Å². The molecular weight excluding hydrogens is 200 g/mol. The normalized spacial score (nSPS) is 22.5. The maximum Gasteiger partial charge on any atom is 0.0534 e. The molecule has 0 spiro atoms. The lowest BCUT2D eigenvalue weighted by molar-refractivity contribution is 0.233. The summed E-state index contributed by atoms with van der Waals surface area (Å²) in [4.78, 5) is 2.50. The van der Waals surface area contributed by atoms with Gasteiger partial charge in [-0.25, -0.2) is 0 Å². The van der Waals surface area contributed by atoms with Crippen LogP contribution in [0.2, 0.25) is 0 Å². The Morgan fingerprint density at radius 1 is 1.31 bits per heavy atom. The van der Waals surface area contributed by atoms with E-state index in [0.29, 0.717) is 0 Å². The van der Waals surface area contributed by atoms with E-state index in [1.807, 2.05) is 6.20 Å². The zero-order valence-corrected chi connectivity index (χ0v) is 9.73. The molecule has 0 amide bonds. The molecule has 1 aromatic rings. The van der Waals surface area contributed by atoms with Gasteiger partial charge < -0.3 is 5.32 Å². The van der Waals surface area contributed by atoms with Gasteiger partial charge in [0.25, 0.3) is 0 Å². The van der Waals surface area contributed by atoms with Crippen molar-refractivity contribution in [3.63, 3.8) is 0 Å². The monoisotopic (exact) mass is 220 g/mol. The molecule has 1 N–H and O–H groups in total. The molecule has 4 nitrogen and oxygen atoms in total. The van der Waals surface area contributed by atoms with Gasteiger partial charge in [-0.2, -0.15) is 5.10 Å². The Bertz CT molecular complexity index is 337. The van der Waals surface area contributed by atoms with Gasteiger partial charge in [0.15, 0.2) is 0 Å². The van der Waals surface area contributed by atoms with E-state index in [1.165, 1.54) is 18.4 Å². The third-order valence-corrected chi connectivity index (χ3v) is 3.44. The molecule has 0 bridgehead atoms. The molecule has 1 saturated heterocycles. The third-order valence-electron chi connectivity index (χ3n) is 3.44. The smallest absolute Gasteiger partial charge is 0.0534 e. The predicted octanol–water partition coefficient (Wildman–Crippen LogP) is 0.698. The first kappa shape index (κ1) is 10.3. The molecule has 2 heterocycles. The van der Waals surface area contributed by atoms with Gasteiger partial charge in [-0.05, 0) is 18.8 Å². The third kappa shape index (κ3) is 2.62. The summed E-state index contributed by atoms with van der Waals surface area (Å²) in [6.07, 6.45) is 7.05. The van der Waals surface area contributed by atoms with Crippen LogP contribution in [-0.2, 0) is 13.1 Å². The zero-order chi connectivity index (χ0) is 10.8. The minimum atomic E-state index is 0.909. The highest BCUT2D eigenvalue weighted by Crippen LogP contribution is 2.30. The van der Waals surface area contributed by atoms with Crippen LogP contribution < -0.4 is 5.32 Å². The van der Waals surface area contributed by atoms with Gasteiger partial charge in [0, 0.05) is 51.0 Å². The summed E-state index contributed by atoms with van der Waals surface area (Å²) in [6, 6.07) is 0. The average molecular weight is 220 g/mol. The molecule has 1 aliphatic carbocycles. The summed E-state index contributed by atoms with van der Waals surface area (Å²) in [5.41, 5.74) is 1.36. The van der Waals surface area contributed by atoms with Crippen molar-refractivity contribution in [3.8, 4) is 0 Å². The van der Waals surface area contributed by atoms with Crippen molar-refractivity contribution in [1.29, 1.82) is 0 Å². The molecular formula is C12H20N4. The summed E-state index contributed by atoms with van der Waals surface area (Å²) in [5, 5.41) is 7.81. The minimum Gasteiger partial charge on any atom is -0.314 e. The summed E-state index contributed by atoms with van der Waals surface area (Å²) < 4.78 is 2.12. The Kier molecular flexibility index (Phi) is 2.93. The number of hydrogen-bond acceptors (Lipinski definition) is 3. The SMILES string of the molecule is c1nn(CC2CC2)cc1CN1CCNCC1. The second kappa shape index (κ2) is 4.55. The second-order valence-corrected chi connectivity index (χ2v) is 5.04. The van der Waals surface area contributed by atoms with E-state index in [9.17, 15) is 0 Å². The van der Waals surface area contributed by atoms with Crippen LogP contribution in [-0.4, -0.2) is 40.9 Å². The van der Waals surface area contributed by atoms with Crippen LogP contribution in [0.5, 0.6) is 0 Å². The Morgan fingerprint density at radius 3 is 2.88 bits per heavy atom. The van der Waals surface area contributed by atoms with Gasteiger partial charge in [-0.15, -0.1) is 0 Å². The molecule has 1 aliphatic heterocycles. The van der Waals surface area contributed by atoms with Gasteiger partial charge in [-0.3, -0.25) is 9.58 Å². The lowest BCUT2D eigenvalue weighted by atomic mass is 10.3. The number of nitrogens with zero attached hydrogens (tertiary/aromatic N) is 3. The maximum absolute atomic E-state index is 4.44. The molecule has 0 aromatic carbocycles. The first-order chi connectivity index (χ1) is 7.90. The van der Waals surface area contributed by atoms with Gasteiger partial charge in [0.05, 0.1) is 6.20 Å². The van der Waals surface area contributed by atoms with E-state index in [1.54, 1.807) is 0 Å². The van der Waals surface area contributed by atoms with Gasteiger partial charge in [0.2, 0.25) is 0 Å². The van der Waals surface area contributed by atoms with Crippen molar-refractivity contribution in [3.05, 3.63) is 18.0 Å². The van der Waals surface area contributed by atoms with Gasteiger partial charge >= 0.3 is 0 Å². The number of aromatic nitrogens is 2.